The second kappa shape index (κ2) is 5.90. The molecule has 1 aliphatic heterocycles. The molecule has 7 heteroatoms. The molecule has 0 bridgehead atoms. The molecule has 3 aromatic rings. The summed E-state index contributed by atoms with van der Waals surface area (Å²) in [5.41, 5.74) is -0.0956. The van der Waals surface area contributed by atoms with E-state index in [0.29, 0.717) is 11.1 Å². The predicted molar refractivity (Wildman–Crippen MR) is 88.2 cm³/mol. The molecule has 138 valence electrons. The first kappa shape index (κ1) is 17.2. The van der Waals surface area contributed by atoms with Gasteiger partial charge in [0.05, 0.1) is 0 Å². The van der Waals surface area contributed by atoms with Gasteiger partial charge in [0, 0.05) is 34.7 Å². The van der Waals surface area contributed by atoms with Crippen LogP contribution in [0.3, 0.4) is 0 Å². The molecule has 0 saturated heterocycles. The molecule has 0 aliphatic carbocycles. The number of phenols is 2. The van der Waals surface area contributed by atoms with Crippen molar-refractivity contribution in [1.29, 1.82) is 0 Å². The fourth-order valence-corrected chi connectivity index (χ4v) is 3.40. The maximum Gasteiger partial charge on any atom is 0.197 e. The van der Waals surface area contributed by atoms with E-state index < -0.39 is 29.2 Å². The highest BCUT2D eigenvalue weighted by Crippen LogP contribution is 2.50. The SMILES string of the molecule is Cc1c(F)c(F)c(F)c(F)c1C1c2ccc(O)cc2Oc2cc(O)ccc21. The summed E-state index contributed by atoms with van der Waals surface area (Å²) in [6.07, 6.45) is 0. The van der Waals surface area contributed by atoms with Crippen molar-refractivity contribution < 1.29 is 32.5 Å². The molecule has 3 aromatic carbocycles. The molecule has 0 spiro atoms. The molecule has 2 N–H and O–H groups in total. The fraction of sp³-hybridized carbons (Fsp3) is 0.100. The third-order valence-electron chi connectivity index (χ3n) is 4.67. The summed E-state index contributed by atoms with van der Waals surface area (Å²) in [7, 11) is 0. The first-order valence-corrected chi connectivity index (χ1v) is 7.95. The maximum atomic E-state index is 14.7. The molecule has 0 saturated carbocycles. The lowest BCUT2D eigenvalue weighted by Crippen LogP contribution is -2.17. The second-order valence-electron chi connectivity index (χ2n) is 6.27. The molecule has 0 aromatic heterocycles. The highest BCUT2D eigenvalue weighted by Gasteiger charge is 2.35. The standard InChI is InChI=1S/C20H12F4O3/c1-8-15(18(22)20(24)19(23)17(8)21)16-11-4-2-9(25)6-13(11)27-14-7-10(26)3-5-12(14)16/h2-7,16,25-26H,1H3. The summed E-state index contributed by atoms with van der Waals surface area (Å²) in [6.45, 7) is 1.16. The average Bonchev–Trinajstić information content (AvgIpc) is 2.64. The highest BCUT2D eigenvalue weighted by molar-refractivity contribution is 5.61. The number of ether oxygens (including phenoxy) is 1. The molecule has 4 rings (SSSR count). The van der Waals surface area contributed by atoms with Crippen molar-refractivity contribution in [3.63, 3.8) is 0 Å². The van der Waals surface area contributed by atoms with Crippen LogP contribution >= 0.6 is 0 Å². The molecule has 1 aliphatic rings. The van der Waals surface area contributed by atoms with Crippen molar-refractivity contribution in [1.82, 2.24) is 0 Å². The van der Waals surface area contributed by atoms with Gasteiger partial charge in [0.15, 0.2) is 23.3 Å². The normalized spacial score (nSPS) is 13.1. The van der Waals surface area contributed by atoms with Crippen LogP contribution in [0.15, 0.2) is 36.4 Å². The van der Waals surface area contributed by atoms with Gasteiger partial charge in [-0.1, -0.05) is 12.1 Å². The number of halogens is 4. The highest BCUT2D eigenvalue weighted by atomic mass is 19.2. The number of aromatic hydroxyl groups is 2. The second-order valence-corrected chi connectivity index (χ2v) is 6.27. The quantitative estimate of drug-likeness (QED) is 0.271. The van der Waals surface area contributed by atoms with Crippen LogP contribution in [0.4, 0.5) is 17.6 Å². The van der Waals surface area contributed by atoms with E-state index in [0.717, 1.165) is 6.92 Å². The number of rotatable bonds is 1. The van der Waals surface area contributed by atoms with E-state index in [1.807, 2.05) is 0 Å². The van der Waals surface area contributed by atoms with E-state index in [-0.39, 0.29) is 34.1 Å². The van der Waals surface area contributed by atoms with Gasteiger partial charge in [0.2, 0.25) is 0 Å². The van der Waals surface area contributed by atoms with E-state index in [9.17, 15) is 27.8 Å². The zero-order valence-corrected chi connectivity index (χ0v) is 13.9. The summed E-state index contributed by atoms with van der Waals surface area (Å²) in [6, 6.07) is 8.04. The Balaban J connectivity index is 2.08. The molecule has 0 radical (unpaired) electrons. The summed E-state index contributed by atoms with van der Waals surface area (Å²) >= 11 is 0. The molecule has 0 fully saturated rings. The third-order valence-corrected chi connectivity index (χ3v) is 4.67. The Bertz CT molecular complexity index is 1010. The summed E-state index contributed by atoms with van der Waals surface area (Å²) in [5.74, 6) is -7.81. The maximum absolute atomic E-state index is 14.7. The monoisotopic (exact) mass is 376 g/mol. The Morgan fingerprint density at radius 1 is 0.741 bits per heavy atom. The van der Waals surface area contributed by atoms with Gasteiger partial charge >= 0.3 is 0 Å². The number of fused-ring (bicyclic) bond motifs is 2. The van der Waals surface area contributed by atoms with Crippen molar-refractivity contribution >= 4 is 0 Å². The Labute approximate surface area is 151 Å². The lowest BCUT2D eigenvalue weighted by atomic mass is 9.80. The summed E-state index contributed by atoms with van der Waals surface area (Å²) in [4.78, 5) is 0. The lowest BCUT2D eigenvalue weighted by Gasteiger charge is -2.30. The minimum Gasteiger partial charge on any atom is -0.508 e. The van der Waals surface area contributed by atoms with Crippen LogP contribution in [0.25, 0.3) is 0 Å². The van der Waals surface area contributed by atoms with Crippen LogP contribution in [-0.4, -0.2) is 10.2 Å². The van der Waals surface area contributed by atoms with E-state index in [1.54, 1.807) is 0 Å². The van der Waals surface area contributed by atoms with Gasteiger partial charge < -0.3 is 14.9 Å². The van der Waals surface area contributed by atoms with Gasteiger partial charge in [-0.2, -0.15) is 0 Å². The van der Waals surface area contributed by atoms with Crippen LogP contribution in [0.1, 0.15) is 28.2 Å². The molecular weight excluding hydrogens is 364 g/mol. The molecule has 1 heterocycles. The third kappa shape index (κ3) is 2.50. The Morgan fingerprint density at radius 3 is 1.74 bits per heavy atom. The number of hydrogen-bond acceptors (Lipinski definition) is 3. The van der Waals surface area contributed by atoms with E-state index >= 15 is 0 Å². The van der Waals surface area contributed by atoms with Crippen LogP contribution < -0.4 is 4.74 Å². The summed E-state index contributed by atoms with van der Waals surface area (Å²) in [5, 5.41) is 19.4. The summed E-state index contributed by atoms with van der Waals surface area (Å²) < 4.78 is 62.1. The van der Waals surface area contributed by atoms with Gasteiger partial charge in [-0.3, -0.25) is 0 Å². The fourth-order valence-electron chi connectivity index (χ4n) is 3.40. The van der Waals surface area contributed by atoms with Crippen molar-refractivity contribution in [2.75, 3.05) is 0 Å². The molecule has 0 atom stereocenters. The van der Waals surface area contributed by atoms with Gasteiger partial charge in [-0.15, -0.1) is 0 Å². The zero-order valence-electron chi connectivity index (χ0n) is 13.9. The average molecular weight is 376 g/mol. The Kier molecular flexibility index (Phi) is 3.76. The minimum atomic E-state index is -1.90. The van der Waals surface area contributed by atoms with Gasteiger partial charge in [-0.05, 0) is 24.6 Å². The van der Waals surface area contributed by atoms with Crippen molar-refractivity contribution in [2.45, 2.75) is 12.8 Å². The zero-order chi connectivity index (χ0) is 19.5. The van der Waals surface area contributed by atoms with Crippen molar-refractivity contribution in [3.05, 3.63) is 81.9 Å². The van der Waals surface area contributed by atoms with Crippen LogP contribution in [0, 0.1) is 30.2 Å². The largest absolute Gasteiger partial charge is 0.508 e. The van der Waals surface area contributed by atoms with Crippen LogP contribution in [0.5, 0.6) is 23.0 Å². The van der Waals surface area contributed by atoms with E-state index in [1.165, 1.54) is 36.4 Å². The van der Waals surface area contributed by atoms with Crippen LogP contribution in [-0.2, 0) is 0 Å². The smallest absolute Gasteiger partial charge is 0.197 e. The molecule has 3 nitrogen and oxygen atoms in total. The minimum absolute atomic E-state index is 0.127. The molecular formula is C20H12F4O3. The van der Waals surface area contributed by atoms with E-state index in [4.69, 9.17) is 4.74 Å². The van der Waals surface area contributed by atoms with Crippen molar-refractivity contribution in [2.24, 2.45) is 0 Å². The molecule has 0 amide bonds. The molecule has 27 heavy (non-hydrogen) atoms. The first-order valence-electron chi connectivity index (χ1n) is 7.95. The predicted octanol–water partition coefficient (Wildman–Crippen LogP) is 5.25. The lowest BCUT2D eigenvalue weighted by molar-refractivity contribution is 0.395. The first-order chi connectivity index (χ1) is 12.8. The Hall–Kier alpha value is -3.22. The topological polar surface area (TPSA) is 49.7 Å². The number of benzene rings is 3. The van der Waals surface area contributed by atoms with Crippen LogP contribution in [0.2, 0.25) is 0 Å². The molecule has 0 unspecified atom stereocenters. The van der Waals surface area contributed by atoms with Crippen molar-refractivity contribution in [3.8, 4) is 23.0 Å². The van der Waals surface area contributed by atoms with Gasteiger partial charge in [-0.25, -0.2) is 17.6 Å². The Morgan fingerprint density at radius 2 is 1.22 bits per heavy atom. The number of hydrogen-bond donors (Lipinski definition) is 2. The van der Waals surface area contributed by atoms with Gasteiger partial charge in [0.1, 0.15) is 23.0 Å². The van der Waals surface area contributed by atoms with E-state index in [2.05, 4.69) is 0 Å². The van der Waals surface area contributed by atoms with Gasteiger partial charge in [0.25, 0.3) is 0 Å². The number of phenolic OH excluding ortho intramolecular Hbond substituents is 2.